The molecule has 2 aromatic carbocycles. The summed E-state index contributed by atoms with van der Waals surface area (Å²) >= 11 is 0.924. The van der Waals surface area contributed by atoms with Gasteiger partial charge in [0.2, 0.25) is 0 Å². The average molecular weight is 728 g/mol. The molecule has 0 aliphatic carbocycles. The summed E-state index contributed by atoms with van der Waals surface area (Å²) in [6, 6.07) is 17.6. The Balaban J connectivity index is 1.74. The van der Waals surface area contributed by atoms with Gasteiger partial charge >= 0.3 is 229 Å². The second-order valence-electron chi connectivity index (χ2n) is 11.1. The number of rotatable bonds is 24. The van der Waals surface area contributed by atoms with Crippen molar-refractivity contribution in [3.05, 3.63) is 65.7 Å². The van der Waals surface area contributed by atoms with Gasteiger partial charge in [-0.3, -0.25) is 5.43 Å². The van der Waals surface area contributed by atoms with Gasteiger partial charge in [0.15, 0.2) is 0 Å². The number of nitrogens with zero attached hydrogens (tertiary/aromatic N) is 1. The van der Waals surface area contributed by atoms with Crippen LogP contribution in [-0.2, 0) is 54.5 Å². The van der Waals surface area contributed by atoms with E-state index < -0.39 is 17.7 Å². The Morgan fingerprint density at radius 3 is 2.10 bits per heavy atom. The molecule has 0 spiro atoms. The number of aliphatic hydroxyl groups is 1. The minimum Gasteiger partial charge on any atom is -0.461 e. The number of benzene rings is 2. The van der Waals surface area contributed by atoms with E-state index in [0.717, 1.165) is 33.1 Å². The second-order valence-corrected chi connectivity index (χ2v) is 12.7. The van der Waals surface area contributed by atoms with Gasteiger partial charge in [-0.2, -0.15) is 5.10 Å². The maximum atomic E-state index is 12.9. The number of aliphatic hydroxyl groups excluding tert-OH is 1. The molecule has 0 saturated carbocycles. The fraction of sp³-hybridized carbons (Fsp3) is 0.528. The molecular weight excluding hydrogens is 675 g/mol. The second kappa shape index (κ2) is 24.4. The molecule has 49 heavy (non-hydrogen) atoms. The van der Waals surface area contributed by atoms with Crippen LogP contribution in [0.2, 0.25) is 10.2 Å². The zero-order valence-electron chi connectivity index (χ0n) is 29.0. The molecule has 2 amide bonds. The first-order valence-corrected chi connectivity index (χ1v) is 18.1. The van der Waals surface area contributed by atoms with Crippen LogP contribution in [0.15, 0.2) is 59.7 Å². The van der Waals surface area contributed by atoms with E-state index in [1.54, 1.807) is 26.0 Å². The molecule has 0 aliphatic heterocycles. The van der Waals surface area contributed by atoms with Crippen molar-refractivity contribution < 1.29 is 53.2 Å². The van der Waals surface area contributed by atoms with Crippen LogP contribution in [0.25, 0.3) is 0 Å². The van der Waals surface area contributed by atoms with Crippen LogP contribution in [0.3, 0.4) is 0 Å². The first-order chi connectivity index (χ1) is 23.7. The predicted octanol–water partition coefficient (Wildman–Crippen LogP) is 4.26. The molecule has 0 aliphatic rings. The van der Waals surface area contributed by atoms with Crippen LogP contribution < -0.4 is 16.1 Å². The third kappa shape index (κ3) is 16.0. The van der Waals surface area contributed by atoms with Gasteiger partial charge in [0, 0.05) is 0 Å². The van der Waals surface area contributed by atoms with Gasteiger partial charge in [-0.15, -0.1) is 0 Å². The van der Waals surface area contributed by atoms with E-state index in [1.165, 1.54) is 5.56 Å². The number of carbonyl (C=O) groups is 4. The minimum absolute atomic E-state index is 0.0831. The summed E-state index contributed by atoms with van der Waals surface area (Å²) in [7, 11) is 0. The fourth-order valence-corrected chi connectivity index (χ4v) is 6.19. The van der Waals surface area contributed by atoms with Crippen LogP contribution in [0.4, 0.5) is 5.69 Å². The zero-order valence-corrected chi connectivity index (χ0v) is 30.0. The van der Waals surface area contributed by atoms with Gasteiger partial charge in [-0.1, -0.05) is 0 Å². The van der Waals surface area contributed by atoms with E-state index in [0.29, 0.717) is 49.6 Å². The number of amides is 2. The van der Waals surface area contributed by atoms with E-state index >= 15 is 0 Å². The Morgan fingerprint density at radius 2 is 1.49 bits per heavy atom. The van der Waals surface area contributed by atoms with Gasteiger partial charge in [-0.25, -0.2) is 9.59 Å². The van der Waals surface area contributed by atoms with Crippen molar-refractivity contribution in [3.63, 3.8) is 0 Å². The van der Waals surface area contributed by atoms with Crippen molar-refractivity contribution in [1.82, 2.24) is 10.6 Å². The first kappa shape index (κ1) is 41.4. The first-order valence-electron chi connectivity index (χ1n) is 16.8. The van der Waals surface area contributed by atoms with E-state index in [2.05, 4.69) is 40.2 Å². The van der Waals surface area contributed by atoms with Crippen molar-refractivity contribution in [1.29, 1.82) is 0 Å². The van der Waals surface area contributed by atoms with Gasteiger partial charge in [-0.05, 0) is 13.8 Å². The van der Waals surface area contributed by atoms with Crippen LogP contribution in [-0.4, -0.2) is 80.7 Å². The van der Waals surface area contributed by atoms with Crippen LogP contribution in [0.1, 0.15) is 64.0 Å². The van der Waals surface area contributed by atoms with Gasteiger partial charge in [0.1, 0.15) is 0 Å². The summed E-state index contributed by atoms with van der Waals surface area (Å²) in [6.07, 6.45) is 3.19. The molecule has 12 nitrogen and oxygen atoms in total. The van der Waals surface area contributed by atoms with E-state index in [4.69, 9.17) is 14.2 Å². The molecule has 0 heterocycles. The molecule has 0 fully saturated rings. The molecule has 13 heteroatoms. The molecule has 0 saturated heterocycles. The summed E-state index contributed by atoms with van der Waals surface area (Å²) in [5.74, 6) is -1.81. The number of hydrogen-bond acceptors (Lipinski definition) is 10. The molecule has 0 aromatic heterocycles. The van der Waals surface area contributed by atoms with Crippen molar-refractivity contribution in [2.75, 3.05) is 51.5 Å². The maximum absolute atomic E-state index is 12.9. The Kier molecular flexibility index (Phi) is 20.6. The number of carbonyl (C=O) groups excluding carboxylic acids is 4. The molecule has 4 N–H and O–H groups in total. The topological polar surface area (TPSA) is 165 Å². The minimum atomic E-state index is -0.865. The van der Waals surface area contributed by atoms with Crippen molar-refractivity contribution in [2.24, 2.45) is 11.0 Å². The molecule has 273 valence electrons. The van der Waals surface area contributed by atoms with Crippen molar-refractivity contribution in [2.45, 2.75) is 69.5 Å². The van der Waals surface area contributed by atoms with E-state index in [-0.39, 0.29) is 48.9 Å². The Morgan fingerprint density at radius 1 is 0.837 bits per heavy atom. The fourth-order valence-electron chi connectivity index (χ4n) is 4.65. The Bertz CT molecular complexity index is 1290. The SMILES string of the molecule is CCOC(=O)C(=NNc1ccc(CCOCCNC(=O)C(C)[CH2][Co][CH](CCC(CC)c2ccccc2)C(=O)NCCO)cc1)C(=O)OCC. The Hall–Kier alpha value is -3.78. The summed E-state index contributed by atoms with van der Waals surface area (Å²) in [4.78, 5) is 49.4. The van der Waals surface area contributed by atoms with E-state index in [1.807, 2.05) is 37.3 Å². The molecule has 3 unspecified atom stereocenters. The predicted molar refractivity (Wildman–Crippen MR) is 185 cm³/mol. The van der Waals surface area contributed by atoms with Crippen molar-refractivity contribution in [3.8, 4) is 0 Å². The average Bonchev–Trinajstić information content (AvgIpc) is 3.11. The molecular formula is C36H52CoN4O8. The zero-order chi connectivity index (χ0) is 35.9. The number of hydrazone groups is 1. The van der Waals surface area contributed by atoms with Crippen LogP contribution >= 0.6 is 0 Å². The summed E-state index contributed by atoms with van der Waals surface area (Å²) < 4.78 is 15.5. The number of hydrogen-bond donors (Lipinski definition) is 4. The third-order valence-corrected chi connectivity index (χ3v) is 9.34. The molecule has 0 bridgehead atoms. The quantitative estimate of drug-likeness (QED) is 0.0407. The number of anilines is 1. The molecule has 0 radical (unpaired) electrons. The number of nitrogens with one attached hydrogen (secondary N) is 3. The molecule has 2 aromatic rings. The number of esters is 2. The molecule has 2 rings (SSSR count). The normalized spacial score (nSPS) is 12.7. The summed E-state index contributed by atoms with van der Waals surface area (Å²) in [5, 5.41) is 19.3. The third-order valence-electron chi connectivity index (χ3n) is 7.37. The van der Waals surface area contributed by atoms with Crippen LogP contribution in [0.5, 0.6) is 0 Å². The Labute approximate surface area is 296 Å². The standard InChI is InChI=1S/C21H30N3O6.C15H22NO2.Co/c1-5-29-20(26)18(21(27)30-6-2)24-23-17-9-7-16(8-10-17)11-13-28-14-12-22-19(25)15(3)4;1-2-13(14-7-4-3-5-8-14)9-6-10-15(18)16-11-12-17;/h7-10,15,23H,3,5-6,11-14H2,1-2,4H3,(H,22,25);3-5,7-8,10,13,17H,2,6,9,11-12H2,1H3,(H,16,18);. The van der Waals surface area contributed by atoms with Gasteiger partial charge in [0.25, 0.3) is 5.71 Å². The van der Waals surface area contributed by atoms with E-state index in [9.17, 15) is 24.3 Å². The molecule has 3 atom stereocenters. The number of ether oxygens (including phenoxy) is 3. The summed E-state index contributed by atoms with van der Waals surface area (Å²) in [6.45, 7) is 8.77. The smallest absolute Gasteiger partial charge is 0.461 e. The van der Waals surface area contributed by atoms with Crippen molar-refractivity contribution >= 4 is 35.2 Å². The van der Waals surface area contributed by atoms with Gasteiger partial charge in [0.05, 0.1) is 18.9 Å². The van der Waals surface area contributed by atoms with Gasteiger partial charge < -0.3 is 9.47 Å². The van der Waals surface area contributed by atoms with Crippen LogP contribution in [0, 0.1) is 5.92 Å². The summed E-state index contributed by atoms with van der Waals surface area (Å²) in [5.41, 5.74) is 5.07. The monoisotopic (exact) mass is 727 g/mol.